The fourth-order valence-electron chi connectivity index (χ4n) is 12.9. The molecule has 2 spiro atoms. The zero-order valence-electron chi connectivity index (χ0n) is 38.3. The monoisotopic (exact) mass is 894 g/mol. The molecule has 4 N–H and O–H groups in total. The van der Waals surface area contributed by atoms with E-state index in [1.807, 2.05) is 32.4 Å². The molecule has 7 rings (SSSR count). The molecule has 3 heterocycles. The van der Waals surface area contributed by atoms with Gasteiger partial charge in [0.1, 0.15) is 23.7 Å². The summed E-state index contributed by atoms with van der Waals surface area (Å²) in [5, 5.41) is 9.22. The van der Waals surface area contributed by atoms with E-state index in [4.69, 9.17) is 0 Å². The predicted octanol–water partition coefficient (Wildman–Crippen LogP) is 4.63. The van der Waals surface area contributed by atoms with Gasteiger partial charge in [-0.1, -0.05) is 80.1 Å². The zero-order valence-corrected chi connectivity index (χ0v) is 39.2. The van der Waals surface area contributed by atoms with E-state index < -0.39 is 99.7 Å². The second kappa shape index (κ2) is 16.5. The molecule has 14 nitrogen and oxygen atoms in total. The molecule has 3 aliphatic heterocycles. The zero-order chi connectivity index (χ0) is 45.4. The number of piperidine rings is 1. The standard InChI is InChI=1S/C45H73F2N7O7S/c1-9-30-24-45(30,39(59)51-62(60,61)52-23-21-44(46,47)27-52)50-36(56)32-25-43(41(7,8)42(43)19-15-20-42)26-54(32)38(58)34(40(4,5)6)49-37(57)33(29-16-11-10-12-17-29)48-35(55)31-18-13-14-22-53(31)28(2)3/h28-34H,9-27H2,1-8H3,(H,48,55)(H,49,57)(H,50,56)(H,51,59)/t30-,31+,32+,33+,34-,43-,45-/m1/s1. The van der Waals surface area contributed by atoms with Gasteiger partial charge >= 0.3 is 10.2 Å². The molecule has 3 saturated heterocycles. The average Bonchev–Trinajstić information content (AvgIpc) is 3.78. The van der Waals surface area contributed by atoms with E-state index >= 15 is 4.79 Å². The van der Waals surface area contributed by atoms with Crippen molar-refractivity contribution in [2.75, 3.05) is 26.2 Å². The van der Waals surface area contributed by atoms with E-state index in [0.29, 0.717) is 23.6 Å². The van der Waals surface area contributed by atoms with Crippen LogP contribution in [0.2, 0.25) is 0 Å². The molecule has 7 fully saturated rings. The number of hydrogen-bond donors (Lipinski definition) is 4. The first-order chi connectivity index (χ1) is 28.9. The van der Waals surface area contributed by atoms with Gasteiger partial charge in [0.25, 0.3) is 11.8 Å². The number of halogens is 2. The number of hydrogen-bond acceptors (Lipinski definition) is 8. The minimum Gasteiger partial charge on any atom is -0.343 e. The minimum absolute atomic E-state index is 0.0696. The number of alkyl halides is 2. The summed E-state index contributed by atoms with van der Waals surface area (Å²) in [4.78, 5) is 76.6. The van der Waals surface area contributed by atoms with Crippen LogP contribution < -0.4 is 20.7 Å². The van der Waals surface area contributed by atoms with E-state index in [1.54, 1.807) is 4.90 Å². The van der Waals surface area contributed by atoms with Crippen molar-refractivity contribution in [2.45, 2.75) is 193 Å². The smallest absolute Gasteiger partial charge is 0.304 e. The topological polar surface area (TPSA) is 177 Å². The van der Waals surface area contributed by atoms with E-state index in [9.17, 15) is 36.4 Å². The molecule has 0 bridgehead atoms. The van der Waals surface area contributed by atoms with Crippen LogP contribution in [0.4, 0.5) is 8.78 Å². The van der Waals surface area contributed by atoms with E-state index in [-0.39, 0.29) is 47.7 Å². The number of carbonyl (C=O) groups excluding carboxylic acids is 5. The Balaban J connectivity index is 1.15. The van der Waals surface area contributed by atoms with E-state index in [2.05, 4.69) is 48.5 Å². The summed E-state index contributed by atoms with van der Waals surface area (Å²) >= 11 is 0. The van der Waals surface area contributed by atoms with Crippen LogP contribution in [0.5, 0.6) is 0 Å². The molecule has 7 aliphatic rings. The largest absolute Gasteiger partial charge is 0.343 e. The third kappa shape index (κ3) is 8.08. The lowest BCUT2D eigenvalue weighted by Crippen LogP contribution is -2.63. The van der Waals surface area contributed by atoms with E-state index in [0.717, 1.165) is 70.8 Å². The summed E-state index contributed by atoms with van der Waals surface area (Å²) in [6, 6.07) is -3.13. The summed E-state index contributed by atoms with van der Waals surface area (Å²) < 4.78 is 56.9. The molecular formula is C45H73F2N7O7S. The molecular weight excluding hydrogens is 821 g/mol. The number of likely N-dealkylation sites (tertiary alicyclic amines) is 2. The first kappa shape index (κ1) is 47.1. The van der Waals surface area contributed by atoms with Crippen molar-refractivity contribution >= 4 is 39.7 Å². The SMILES string of the molecule is CC[C@@H]1C[C@]1(NC(=O)[C@@H]1C[C@@]2(CN1C(=O)[C@@H](NC(=O)[C@@H](NC(=O)[C@@H]1CCCCN1C(C)C)C1CCCCC1)C(C)(C)C)C(C)(C)C21CCC1)C(=O)NS(=O)(=O)N1CCC(F)(F)C1. The second-order valence-electron chi connectivity index (χ2n) is 22.0. The highest BCUT2D eigenvalue weighted by atomic mass is 32.2. The van der Waals surface area contributed by atoms with E-state index in [1.165, 1.54) is 0 Å². The molecule has 7 atom stereocenters. The van der Waals surface area contributed by atoms with Crippen LogP contribution in [0, 0.1) is 33.5 Å². The molecule has 4 aliphatic carbocycles. The van der Waals surface area contributed by atoms with Gasteiger partial charge in [-0.05, 0) is 99.8 Å². The van der Waals surface area contributed by atoms with Crippen molar-refractivity contribution < 1.29 is 41.2 Å². The Kier molecular flexibility index (Phi) is 12.5. The Morgan fingerprint density at radius 3 is 1.98 bits per heavy atom. The molecule has 0 aromatic carbocycles. The van der Waals surface area contributed by atoms with Crippen molar-refractivity contribution in [3.8, 4) is 0 Å². The molecule has 0 aromatic rings. The van der Waals surface area contributed by atoms with Gasteiger partial charge in [0.15, 0.2) is 0 Å². The summed E-state index contributed by atoms with van der Waals surface area (Å²) in [5.74, 6) is -6.30. The molecule has 0 unspecified atom stereocenters. The van der Waals surface area contributed by atoms with Gasteiger partial charge in [-0.15, -0.1) is 0 Å². The third-order valence-corrected chi connectivity index (χ3v) is 18.5. The van der Waals surface area contributed by atoms with Crippen molar-refractivity contribution in [1.82, 2.24) is 34.8 Å². The summed E-state index contributed by atoms with van der Waals surface area (Å²) in [5.41, 5.74) is -3.08. The lowest BCUT2D eigenvalue weighted by molar-refractivity contribution is -0.145. The average molecular weight is 894 g/mol. The van der Waals surface area contributed by atoms with Crippen LogP contribution in [0.25, 0.3) is 0 Å². The van der Waals surface area contributed by atoms with Crippen LogP contribution in [0.3, 0.4) is 0 Å². The van der Waals surface area contributed by atoms with Crippen LogP contribution in [0.15, 0.2) is 0 Å². The predicted molar refractivity (Wildman–Crippen MR) is 229 cm³/mol. The van der Waals surface area contributed by atoms with Crippen LogP contribution in [0.1, 0.15) is 152 Å². The first-order valence-electron chi connectivity index (χ1n) is 23.6. The Morgan fingerprint density at radius 2 is 1.45 bits per heavy atom. The second-order valence-corrected chi connectivity index (χ2v) is 23.7. The number of carbonyl (C=O) groups is 5. The highest BCUT2D eigenvalue weighted by Crippen LogP contribution is 2.88. The fraction of sp³-hybridized carbons (Fsp3) is 0.889. The number of amides is 5. The maximum absolute atomic E-state index is 15.3. The number of nitrogens with one attached hydrogen (secondary N) is 4. The van der Waals surface area contributed by atoms with Gasteiger partial charge in [0.2, 0.25) is 23.6 Å². The summed E-state index contributed by atoms with van der Waals surface area (Å²) in [7, 11) is -4.63. The minimum atomic E-state index is -4.63. The van der Waals surface area contributed by atoms with Gasteiger partial charge in [-0.2, -0.15) is 12.7 Å². The highest BCUT2D eigenvalue weighted by molar-refractivity contribution is 7.87. The van der Waals surface area contributed by atoms with Crippen molar-refractivity contribution in [3.63, 3.8) is 0 Å². The highest BCUT2D eigenvalue weighted by Gasteiger charge is 2.85. The van der Waals surface area contributed by atoms with Crippen molar-refractivity contribution in [1.29, 1.82) is 0 Å². The molecule has 0 aromatic heterocycles. The van der Waals surface area contributed by atoms with Gasteiger partial charge in [0, 0.05) is 31.0 Å². The third-order valence-electron chi connectivity index (χ3n) is 17.1. The summed E-state index contributed by atoms with van der Waals surface area (Å²) in [6.07, 6.45) is 10.4. The Hall–Kier alpha value is -2.92. The number of fused-ring (bicyclic) bond motifs is 1. The van der Waals surface area contributed by atoms with Gasteiger partial charge < -0.3 is 20.9 Å². The van der Waals surface area contributed by atoms with Crippen LogP contribution in [-0.4, -0.2) is 120 Å². The van der Waals surface area contributed by atoms with Crippen LogP contribution >= 0.6 is 0 Å². The van der Waals surface area contributed by atoms with Crippen molar-refractivity contribution in [2.24, 2.45) is 33.5 Å². The number of rotatable bonds is 13. The summed E-state index contributed by atoms with van der Waals surface area (Å²) in [6.45, 7) is 15.6. The molecule has 4 saturated carbocycles. The maximum Gasteiger partial charge on any atom is 0.304 e. The molecule has 17 heteroatoms. The maximum atomic E-state index is 15.3. The Labute approximate surface area is 367 Å². The van der Waals surface area contributed by atoms with Gasteiger partial charge in [0.05, 0.1) is 12.6 Å². The lowest BCUT2D eigenvalue weighted by atomic mass is 9.73. The number of nitrogens with zero attached hydrogens (tertiary/aromatic N) is 3. The Bertz CT molecular complexity index is 1900. The fourth-order valence-corrected chi connectivity index (χ4v) is 14.1. The molecule has 350 valence electrons. The first-order valence-corrected chi connectivity index (χ1v) is 25.0. The van der Waals surface area contributed by atoms with Crippen molar-refractivity contribution in [3.05, 3.63) is 0 Å². The Morgan fingerprint density at radius 1 is 0.790 bits per heavy atom. The van der Waals surface area contributed by atoms with Gasteiger partial charge in [-0.3, -0.25) is 28.9 Å². The van der Waals surface area contributed by atoms with Crippen LogP contribution in [-0.2, 0) is 34.2 Å². The molecule has 0 radical (unpaired) electrons. The molecule has 62 heavy (non-hydrogen) atoms. The lowest BCUT2D eigenvalue weighted by Gasteiger charge is -2.40. The normalized spacial score (nSPS) is 32.8. The van der Waals surface area contributed by atoms with Gasteiger partial charge in [-0.25, -0.2) is 13.5 Å². The quantitative estimate of drug-likeness (QED) is 0.207. The molecule has 5 amide bonds.